The summed E-state index contributed by atoms with van der Waals surface area (Å²) in [5.41, 5.74) is 1.82. The third kappa shape index (κ3) is 3.86. The maximum absolute atomic E-state index is 12.0. The Balaban J connectivity index is 3.01. The van der Waals surface area contributed by atoms with Crippen molar-refractivity contribution in [2.24, 2.45) is 0 Å². The summed E-state index contributed by atoms with van der Waals surface area (Å²) >= 11 is 0. The van der Waals surface area contributed by atoms with Crippen molar-refractivity contribution >= 4 is 5.97 Å². The molecule has 0 amide bonds. The minimum Gasteiger partial charge on any atom is -0.456 e. The molecule has 1 aromatic rings. The highest BCUT2D eigenvalue weighted by atomic mass is 16.6. The van der Waals surface area contributed by atoms with Crippen molar-refractivity contribution in [2.45, 2.75) is 46.3 Å². The molecule has 0 bridgehead atoms. The highest BCUT2D eigenvalue weighted by molar-refractivity contribution is 5.91. The van der Waals surface area contributed by atoms with Crippen LogP contribution in [-0.4, -0.2) is 16.7 Å². The third-order valence-electron chi connectivity index (χ3n) is 2.35. The smallest absolute Gasteiger partial charge is 0.338 e. The number of carbonyl (C=O) groups is 1. The van der Waals surface area contributed by atoms with Crippen LogP contribution in [0.2, 0.25) is 0 Å². The number of aryl methyl sites for hydroxylation is 1. The number of esters is 1. The zero-order valence-corrected chi connectivity index (χ0v) is 10.9. The largest absolute Gasteiger partial charge is 0.456 e. The Morgan fingerprint density at radius 1 is 1.35 bits per heavy atom. The molecule has 0 heterocycles. The molecule has 0 fully saturated rings. The Morgan fingerprint density at radius 2 is 2.00 bits per heavy atom. The van der Waals surface area contributed by atoms with E-state index >= 15 is 0 Å². The van der Waals surface area contributed by atoms with Crippen LogP contribution in [0, 0.1) is 0 Å². The van der Waals surface area contributed by atoms with Gasteiger partial charge in [0.1, 0.15) is 5.60 Å². The van der Waals surface area contributed by atoms with Crippen LogP contribution in [-0.2, 0) is 17.8 Å². The number of hydrogen-bond acceptors (Lipinski definition) is 3. The molecule has 0 aliphatic rings. The second-order valence-corrected chi connectivity index (χ2v) is 5.01. The van der Waals surface area contributed by atoms with E-state index in [0.717, 1.165) is 17.5 Å². The lowest BCUT2D eigenvalue weighted by atomic mass is 10.0. The van der Waals surface area contributed by atoms with Gasteiger partial charge in [-0.15, -0.1) is 0 Å². The quantitative estimate of drug-likeness (QED) is 0.821. The molecule has 0 unspecified atom stereocenters. The van der Waals surface area contributed by atoms with E-state index in [9.17, 15) is 4.79 Å². The van der Waals surface area contributed by atoms with Gasteiger partial charge in [-0.25, -0.2) is 4.79 Å². The minimum atomic E-state index is -0.488. The first-order valence-corrected chi connectivity index (χ1v) is 5.83. The molecule has 0 saturated carbocycles. The van der Waals surface area contributed by atoms with Gasteiger partial charge in [-0.2, -0.15) is 0 Å². The van der Waals surface area contributed by atoms with Crippen LogP contribution in [0.3, 0.4) is 0 Å². The Labute approximate surface area is 102 Å². The van der Waals surface area contributed by atoms with Crippen LogP contribution in [0.25, 0.3) is 0 Å². The fraction of sp³-hybridized carbons (Fsp3) is 0.500. The van der Waals surface area contributed by atoms with Crippen molar-refractivity contribution < 1.29 is 14.6 Å². The fourth-order valence-corrected chi connectivity index (χ4v) is 1.57. The first-order valence-electron chi connectivity index (χ1n) is 5.83. The van der Waals surface area contributed by atoms with E-state index < -0.39 is 5.60 Å². The first-order chi connectivity index (χ1) is 7.87. The summed E-state index contributed by atoms with van der Waals surface area (Å²) in [5.74, 6) is -0.307. The molecule has 0 atom stereocenters. The van der Waals surface area contributed by atoms with Gasteiger partial charge >= 0.3 is 5.97 Å². The molecule has 1 rings (SSSR count). The molecule has 17 heavy (non-hydrogen) atoms. The molecule has 94 valence electrons. The number of hydrogen-bond donors (Lipinski definition) is 1. The number of aliphatic hydroxyl groups is 1. The summed E-state index contributed by atoms with van der Waals surface area (Å²) in [4.78, 5) is 12.0. The van der Waals surface area contributed by atoms with Crippen LogP contribution < -0.4 is 0 Å². The van der Waals surface area contributed by atoms with E-state index in [1.807, 2.05) is 33.8 Å². The Bertz CT molecular complexity index is 402. The zero-order valence-electron chi connectivity index (χ0n) is 10.9. The van der Waals surface area contributed by atoms with E-state index in [1.54, 1.807) is 12.1 Å². The van der Waals surface area contributed by atoms with Gasteiger partial charge in [0.25, 0.3) is 0 Å². The number of benzene rings is 1. The van der Waals surface area contributed by atoms with Crippen LogP contribution >= 0.6 is 0 Å². The molecule has 3 nitrogen and oxygen atoms in total. The van der Waals surface area contributed by atoms with Crippen LogP contribution in [0.4, 0.5) is 0 Å². The van der Waals surface area contributed by atoms with Crippen molar-refractivity contribution in [1.82, 2.24) is 0 Å². The molecule has 1 aromatic carbocycles. The Kier molecular flexibility index (Phi) is 4.29. The summed E-state index contributed by atoms with van der Waals surface area (Å²) < 4.78 is 5.34. The van der Waals surface area contributed by atoms with Gasteiger partial charge in [0.2, 0.25) is 0 Å². The normalized spacial score (nSPS) is 11.4. The summed E-state index contributed by atoms with van der Waals surface area (Å²) in [6, 6.07) is 5.32. The van der Waals surface area contributed by atoms with E-state index in [-0.39, 0.29) is 12.6 Å². The van der Waals surface area contributed by atoms with Gasteiger partial charge in [0.15, 0.2) is 0 Å². The minimum absolute atomic E-state index is 0.0123. The molecular weight excluding hydrogens is 216 g/mol. The number of carbonyl (C=O) groups excluding carboxylic acids is 1. The van der Waals surface area contributed by atoms with Gasteiger partial charge in [0.05, 0.1) is 12.2 Å². The van der Waals surface area contributed by atoms with Gasteiger partial charge < -0.3 is 9.84 Å². The average molecular weight is 236 g/mol. The zero-order chi connectivity index (χ0) is 13.1. The molecule has 0 radical (unpaired) electrons. The van der Waals surface area contributed by atoms with Crippen molar-refractivity contribution in [2.75, 3.05) is 0 Å². The van der Waals surface area contributed by atoms with E-state index in [1.165, 1.54) is 0 Å². The van der Waals surface area contributed by atoms with Gasteiger partial charge in [0, 0.05) is 0 Å². The standard InChI is InChI=1S/C14H20O3/c1-5-11-8-10(9-15)6-7-12(11)13(16)17-14(2,3)4/h6-8,15H,5,9H2,1-4H3. The van der Waals surface area contributed by atoms with E-state index in [0.29, 0.717) is 5.56 Å². The van der Waals surface area contributed by atoms with Crippen molar-refractivity contribution in [3.8, 4) is 0 Å². The number of aliphatic hydroxyl groups excluding tert-OH is 1. The van der Waals surface area contributed by atoms with Crippen LogP contribution in [0.5, 0.6) is 0 Å². The average Bonchev–Trinajstić information content (AvgIpc) is 2.25. The van der Waals surface area contributed by atoms with Crippen molar-refractivity contribution in [3.63, 3.8) is 0 Å². The second kappa shape index (κ2) is 5.32. The number of rotatable bonds is 3. The predicted octanol–water partition coefficient (Wildman–Crippen LogP) is 2.70. The van der Waals surface area contributed by atoms with E-state index in [4.69, 9.17) is 9.84 Å². The molecule has 0 saturated heterocycles. The summed E-state index contributed by atoms with van der Waals surface area (Å²) in [7, 11) is 0. The number of ether oxygens (including phenoxy) is 1. The van der Waals surface area contributed by atoms with Crippen LogP contribution in [0.1, 0.15) is 49.2 Å². The maximum Gasteiger partial charge on any atom is 0.338 e. The fourth-order valence-electron chi connectivity index (χ4n) is 1.57. The maximum atomic E-state index is 12.0. The van der Waals surface area contributed by atoms with Crippen molar-refractivity contribution in [3.05, 3.63) is 34.9 Å². The summed E-state index contributed by atoms with van der Waals surface area (Å²) in [5, 5.41) is 9.06. The monoisotopic (exact) mass is 236 g/mol. The summed E-state index contributed by atoms with van der Waals surface area (Å²) in [6.07, 6.45) is 0.739. The highest BCUT2D eigenvalue weighted by Crippen LogP contribution is 2.17. The predicted molar refractivity (Wildman–Crippen MR) is 66.9 cm³/mol. The van der Waals surface area contributed by atoms with Crippen molar-refractivity contribution in [1.29, 1.82) is 0 Å². The third-order valence-corrected chi connectivity index (χ3v) is 2.35. The molecule has 3 heteroatoms. The lowest BCUT2D eigenvalue weighted by molar-refractivity contribution is 0.00683. The van der Waals surface area contributed by atoms with Gasteiger partial charge in [-0.05, 0) is 44.4 Å². The lowest BCUT2D eigenvalue weighted by Crippen LogP contribution is -2.24. The van der Waals surface area contributed by atoms with E-state index in [2.05, 4.69) is 0 Å². The lowest BCUT2D eigenvalue weighted by Gasteiger charge is -2.20. The SMILES string of the molecule is CCc1cc(CO)ccc1C(=O)OC(C)(C)C. The first kappa shape index (κ1) is 13.7. The molecular formula is C14H20O3. The molecule has 1 N–H and O–H groups in total. The van der Waals surface area contributed by atoms with Gasteiger partial charge in [-0.1, -0.05) is 19.1 Å². The molecule has 0 aromatic heterocycles. The highest BCUT2D eigenvalue weighted by Gasteiger charge is 2.19. The second-order valence-electron chi connectivity index (χ2n) is 5.01. The Hall–Kier alpha value is -1.35. The molecule has 0 aliphatic heterocycles. The van der Waals surface area contributed by atoms with Gasteiger partial charge in [-0.3, -0.25) is 0 Å². The molecule has 0 spiro atoms. The summed E-state index contributed by atoms with van der Waals surface area (Å²) in [6.45, 7) is 7.50. The van der Waals surface area contributed by atoms with Crippen LogP contribution in [0.15, 0.2) is 18.2 Å². The Morgan fingerprint density at radius 3 is 2.47 bits per heavy atom. The topological polar surface area (TPSA) is 46.5 Å². The molecule has 0 aliphatic carbocycles.